The summed E-state index contributed by atoms with van der Waals surface area (Å²) in [5, 5.41) is 7.61. The highest BCUT2D eigenvalue weighted by Crippen LogP contribution is 2.19. The maximum atomic E-state index is 12.3. The topological polar surface area (TPSA) is 47.2 Å². The SMILES string of the molecule is Cc1nc2sccc2c(=O)n1/N=C\c1ccc(Cl)cc1Cl. The standard InChI is InChI=1S/C14H9Cl2N3OS/c1-8-18-13-11(4-5-21-13)14(20)19(8)17-7-9-2-3-10(15)6-12(9)16/h2-7H,1H3/b17-7-. The summed E-state index contributed by atoms with van der Waals surface area (Å²) in [5.74, 6) is 0.524. The molecule has 0 unspecified atom stereocenters. The summed E-state index contributed by atoms with van der Waals surface area (Å²) in [5.41, 5.74) is 0.484. The van der Waals surface area contributed by atoms with Crippen LogP contribution >= 0.6 is 34.5 Å². The second-order valence-corrected chi connectivity index (χ2v) is 6.06. The molecule has 0 bridgehead atoms. The molecule has 0 N–H and O–H groups in total. The van der Waals surface area contributed by atoms with Gasteiger partial charge in [0.25, 0.3) is 5.56 Å². The first kappa shape index (κ1) is 14.3. The average molecular weight is 338 g/mol. The van der Waals surface area contributed by atoms with Gasteiger partial charge in [-0.15, -0.1) is 11.3 Å². The molecule has 106 valence electrons. The van der Waals surface area contributed by atoms with Gasteiger partial charge in [-0.25, -0.2) is 4.98 Å². The number of aryl methyl sites for hydroxylation is 1. The zero-order valence-corrected chi connectivity index (χ0v) is 13.2. The number of benzene rings is 1. The first-order valence-electron chi connectivity index (χ1n) is 6.02. The zero-order valence-electron chi connectivity index (χ0n) is 10.9. The molecule has 3 rings (SSSR count). The lowest BCUT2D eigenvalue weighted by Crippen LogP contribution is -2.19. The number of hydrogen-bond donors (Lipinski definition) is 0. The van der Waals surface area contributed by atoms with Crippen LogP contribution in [0.15, 0.2) is 39.5 Å². The summed E-state index contributed by atoms with van der Waals surface area (Å²) in [6.07, 6.45) is 1.52. The number of aromatic nitrogens is 2. The first-order valence-corrected chi connectivity index (χ1v) is 7.66. The molecule has 0 aliphatic heterocycles. The molecular formula is C14H9Cl2N3OS. The van der Waals surface area contributed by atoms with Crippen LogP contribution in [0.5, 0.6) is 0 Å². The summed E-state index contributed by atoms with van der Waals surface area (Å²) in [6.45, 7) is 1.74. The van der Waals surface area contributed by atoms with Gasteiger partial charge < -0.3 is 0 Å². The first-order chi connectivity index (χ1) is 10.1. The molecule has 2 heterocycles. The van der Waals surface area contributed by atoms with Gasteiger partial charge in [0, 0.05) is 10.6 Å². The quantitative estimate of drug-likeness (QED) is 0.664. The Labute approximate surface area is 134 Å². The van der Waals surface area contributed by atoms with Crippen LogP contribution in [-0.2, 0) is 0 Å². The summed E-state index contributed by atoms with van der Waals surface area (Å²) < 4.78 is 1.26. The Morgan fingerprint density at radius 3 is 2.90 bits per heavy atom. The fraction of sp³-hybridized carbons (Fsp3) is 0.0714. The van der Waals surface area contributed by atoms with Crippen LogP contribution < -0.4 is 5.56 Å². The maximum Gasteiger partial charge on any atom is 0.282 e. The smallest absolute Gasteiger partial charge is 0.267 e. The maximum absolute atomic E-state index is 12.3. The summed E-state index contributed by atoms with van der Waals surface area (Å²) in [6, 6.07) is 6.83. The van der Waals surface area contributed by atoms with Crippen molar-refractivity contribution in [3.05, 3.63) is 61.4 Å². The number of thiophene rings is 1. The predicted molar refractivity (Wildman–Crippen MR) is 88.1 cm³/mol. The molecule has 1 aromatic carbocycles. The molecule has 3 aromatic rings. The number of hydrogen-bond acceptors (Lipinski definition) is 4. The summed E-state index contributed by atoms with van der Waals surface area (Å²) in [7, 11) is 0. The third-order valence-electron chi connectivity index (χ3n) is 2.91. The van der Waals surface area contributed by atoms with Crippen molar-refractivity contribution >= 4 is 51.0 Å². The molecular weight excluding hydrogens is 329 g/mol. The lowest BCUT2D eigenvalue weighted by atomic mass is 10.2. The Bertz CT molecular complexity index is 914. The fourth-order valence-corrected chi connectivity index (χ4v) is 3.13. The van der Waals surface area contributed by atoms with Gasteiger partial charge in [0.15, 0.2) is 0 Å². The normalized spacial score (nSPS) is 11.6. The molecule has 0 saturated heterocycles. The molecule has 7 heteroatoms. The van der Waals surface area contributed by atoms with Crippen molar-refractivity contribution in [2.75, 3.05) is 0 Å². The molecule has 0 aliphatic carbocycles. The second kappa shape index (κ2) is 5.60. The van der Waals surface area contributed by atoms with Crippen molar-refractivity contribution < 1.29 is 0 Å². The highest BCUT2D eigenvalue weighted by atomic mass is 35.5. The van der Waals surface area contributed by atoms with Crippen molar-refractivity contribution in [1.82, 2.24) is 9.66 Å². The third-order valence-corrected chi connectivity index (χ3v) is 4.28. The molecule has 0 atom stereocenters. The third kappa shape index (κ3) is 2.72. The molecule has 4 nitrogen and oxygen atoms in total. The van der Waals surface area contributed by atoms with Gasteiger partial charge in [-0.1, -0.05) is 29.3 Å². The Kier molecular flexibility index (Phi) is 3.80. The van der Waals surface area contributed by atoms with E-state index in [1.54, 1.807) is 31.2 Å². The summed E-state index contributed by atoms with van der Waals surface area (Å²) >= 11 is 13.4. The van der Waals surface area contributed by atoms with Crippen LogP contribution in [0.2, 0.25) is 10.0 Å². The Morgan fingerprint density at radius 2 is 2.14 bits per heavy atom. The highest BCUT2D eigenvalue weighted by molar-refractivity contribution is 7.16. The van der Waals surface area contributed by atoms with Gasteiger partial charge in [0.05, 0.1) is 16.6 Å². The number of fused-ring (bicyclic) bond motifs is 1. The highest BCUT2D eigenvalue weighted by Gasteiger charge is 2.08. The van der Waals surface area contributed by atoms with Crippen molar-refractivity contribution in [3.8, 4) is 0 Å². The van der Waals surface area contributed by atoms with Crippen LogP contribution in [0.25, 0.3) is 10.2 Å². The number of nitrogens with zero attached hydrogens (tertiary/aromatic N) is 3. The van der Waals surface area contributed by atoms with Gasteiger partial charge >= 0.3 is 0 Å². The molecule has 0 radical (unpaired) electrons. The van der Waals surface area contributed by atoms with Crippen molar-refractivity contribution in [1.29, 1.82) is 0 Å². The Morgan fingerprint density at radius 1 is 1.33 bits per heavy atom. The zero-order chi connectivity index (χ0) is 15.0. The number of halogens is 2. The molecule has 2 aromatic heterocycles. The van der Waals surface area contributed by atoms with Gasteiger partial charge in [0.1, 0.15) is 10.7 Å². The van der Waals surface area contributed by atoms with Crippen LogP contribution in [0.3, 0.4) is 0 Å². The summed E-state index contributed by atoms with van der Waals surface area (Å²) in [4.78, 5) is 17.4. The largest absolute Gasteiger partial charge is 0.282 e. The van der Waals surface area contributed by atoms with E-state index in [1.165, 1.54) is 22.2 Å². The van der Waals surface area contributed by atoms with Gasteiger partial charge in [-0.05, 0) is 30.5 Å². The van der Waals surface area contributed by atoms with Crippen molar-refractivity contribution in [2.24, 2.45) is 5.10 Å². The van der Waals surface area contributed by atoms with E-state index >= 15 is 0 Å². The predicted octanol–water partition coefficient (Wildman–Crippen LogP) is 3.96. The van der Waals surface area contributed by atoms with Gasteiger partial charge in [-0.2, -0.15) is 9.78 Å². The van der Waals surface area contributed by atoms with E-state index in [-0.39, 0.29) is 5.56 Å². The number of rotatable bonds is 2. The van der Waals surface area contributed by atoms with Crippen LogP contribution in [0.4, 0.5) is 0 Å². The minimum Gasteiger partial charge on any atom is -0.267 e. The minimum atomic E-state index is -0.194. The second-order valence-electron chi connectivity index (χ2n) is 4.33. The molecule has 0 fully saturated rings. The van der Waals surface area contributed by atoms with E-state index in [0.29, 0.717) is 31.6 Å². The Hall–Kier alpha value is -1.69. The fourth-order valence-electron chi connectivity index (χ4n) is 1.87. The van der Waals surface area contributed by atoms with Crippen molar-refractivity contribution in [2.45, 2.75) is 6.92 Å². The Balaban J connectivity index is 2.09. The van der Waals surface area contributed by atoms with Gasteiger partial charge in [-0.3, -0.25) is 4.79 Å². The van der Waals surface area contributed by atoms with E-state index in [1.807, 2.05) is 5.38 Å². The lowest BCUT2D eigenvalue weighted by Gasteiger charge is -2.03. The van der Waals surface area contributed by atoms with Gasteiger partial charge in [0.2, 0.25) is 0 Å². The van der Waals surface area contributed by atoms with E-state index in [9.17, 15) is 4.79 Å². The minimum absolute atomic E-state index is 0.194. The average Bonchev–Trinajstić information content (AvgIpc) is 2.89. The molecule has 0 amide bonds. The van der Waals surface area contributed by atoms with Crippen LogP contribution in [0, 0.1) is 6.92 Å². The molecule has 0 aliphatic rings. The van der Waals surface area contributed by atoms with E-state index < -0.39 is 0 Å². The molecule has 21 heavy (non-hydrogen) atoms. The van der Waals surface area contributed by atoms with E-state index in [4.69, 9.17) is 23.2 Å². The van der Waals surface area contributed by atoms with Crippen molar-refractivity contribution in [3.63, 3.8) is 0 Å². The van der Waals surface area contributed by atoms with Crippen LogP contribution in [-0.4, -0.2) is 15.9 Å². The monoisotopic (exact) mass is 337 g/mol. The van der Waals surface area contributed by atoms with E-state index in [0.717, 1.165) is 0 Å². The molecule has 0 spiro atoms. The van der Waals surface area contributed by atoms with Crippen LogP contribution in [0.1, 0.15) is 11.4 Å². The van der Waals surface area contributed by atoms with E-state index in [2.05, 4.69) is 10.1 Å². The molecule has 0 saturated carbocycles. The lowest BCUT2D eigenvalue weighted by molar-refractivity contribution is 0.772.